The number of nitrogens with zero attached hydrogens (tertiary/aromatic N) is 2. The number of aliphatic imine (C=N–C) groups is 1. The number of hydrogen-bond acceptors (Lipinski definition) is 2. The number of nitrogens with one attached hydrogen (secondary N) is 2. The highest BCUT2D eigenvalue weighted by Crippen LogP contribution is 2.17. The van der Waals surface area contributed by atoms with Gasteiger partial charge in [0.1, 0.15) is 0 Å². The number of guanidine groups is 1. The normalized spacial score (nSPS) is 12.3. The summed E-state index contributed by atoms with van der Waals surface area (Å²) >= 11 is 0. The van der Waals surface area contributed by atoms with Crippen molar-refractivity contribution >= 4 is 29.9 Å². The highest BCUT2D eigenvalue weighted by molar-refractivity contribution is 14.0. The highest BCUT2D eigenvalue weighted by atomic mass is 127. The fourth-order valence-electron chi connectivity index (χ4n) is 1.24. The zero-order valence-corrected chi connectivity index (χ0v) is 14.0. The van der Waals surface area contributed by atoms with E-state index in [9.17, 15) is 13.2 Å². The Labute approximate surface area is 130 Å². The Morgan fingerprint density at radius 2 is 1.84 bits per heavy atom. The third kappa shape index (κ3) is 15.7. The predicted octanol–water partition coefficient (Wildman–Crippen LogP) is 2.06. The molecule has 116 valence electrons. The van der Waals surface area contributed by atoms with Crippen molar-refractivity contribution in [1.29, 1.82) is 0 Å². The van der Waals surface area contributed by atoms with Gasteiger partial charge in [-0.25, -0.2) is 0 Å². The minimum absolute atomic E-state index is 0. The van der Waals surface area contributed by atoms with Gasteiger partial charge in [0, 0.05) is 19.6 Å². The summed E-state index contributed by atoms with van der Waals surface area (Å²) < 4.78 is 35.9. The Morgan fingerprint density at radius 3 is 2.32 bits per heavy atom. The first-order valence-corrected chi connectivity index (χ1v) is 6.09. The van der Waals surface area contributed by atoms with Gasteiger partial charge < -0.3 is 15.5 Å². The Bertz CT molecular complexity index is 245. The van der Waals surface area contributed by atoms with Crippen LogP contribution in [-0.4, -0.2) is 57.3 Å². The van der Waals surface area contributed by atoms with Gasteiger partial charge >= 0.3 is 6.18 Å². The number of rotatable bonds is 7. The third-order valence-corrected chi connectivity index (χ3v) is 2.08. The average Bonchev–Trinajstić information content (AvgIpc) is 2.22. The van der Waals surface area contributed by atoms with E-state index >= 15 is 0 Å². The maximum Gasteiger partial charge on any atom is 0.390 e. The van der Waals surface area contributed by atoms with Gasteiger partial charge in [-0.05, 0) is 34.0 Å². The van der Waals surface area contributed by atoms with E-state index in [1.54, 1.807) is 0 Å². The largest absolute Gasteiger partial charge is 0.390 e. The Hall–Kier alpha value is -0.250. The highest BCUT2D eigenvalue weighted by Gasteiger charge is 2.26. The van der Waals surface area contributed by atoms with E-state index < -0.39 is 12.6 Å². The molecule has 19 heavy (non-hydrogen) atoms. The zero-order valence-electron chi connectivity index (χ0n) is 11.7. The number of halogens is 4. The lowest BCUT2D eigenvalue weighted by molar-refractivity contribution is -0.132. The van der Waals surface area contributed by atoms with E-state index in [0.717, 1.165) is 13.0 Å². The molecule has 2 N–H and O–H groups in total. The third-order valence-electron chi connectivity index (χ3n) is 2.08. The molecule has 4 nitrogen and oxygen atoms in total. The van der Waals surface area contributed by atoms with Crippen molar-refractivity contribution in [2.24, 2.45) is 4.99 Å². The topological polar surface area (TPSA) is 39.7 Å². The van der Waals surface area contributed by atoms with Crippen molar-refractivity contribution in [2.45, 2.75) is 25.9 Å². The molecule has 0 bridgehead atoms. The van der Waals surface area contributed by atoms with Crippen molar-refractivity contribution in [2.75, 3.05) is 40.3 Å². The quantitative estimate of drug-likeness (QED) is 0.300. The van der Waals surface area contributed by atoms with Crippen LogP contribution in [0.3, 0.4) is 0 Å². The molecule has 0 spiro atoms. The molecule has 0 aliphatic carbocycles. The molecule has 0 rings (SSSR count). The first-order chi connectivity index (χ1) is 8.35. The molecule has 0 atom stereocenters. The molecule has 0 amide bonds. The molecular weight excluding hydrogens is 372 g/mol. The molecular formula is C11H24F3IN4. The van der Waals surface area contributed by atoms with E-state index in [1.165, 1.54) is 0 Å². The molecule has 0 aliphatic rings. The van der Waals surface area contributed by atoms with Crippen LogP contribution in [0.5, 0.6) is 0 Å². The van der Waals surface area contributed by atoms with E-state index in [4.69, 9.17) is 0 Å². The molecule has 0 aromatic rings. The van der Waals surface area contributed by atoms with E-state index in [2.05, 4.69) is 15.6 Å². The maximum absolute atomic E-state index is 12.0. The van der Waals surface area contributed by atoms with Gasteiger partial charge in [0.25, 0.3) is 0 Å². The van der Waals surface area contributed by atoms with Gasteiger partial charge in [0.2, 0.25) is 0 Å². The second kappa shape index (κ2) is 11.6. The van der Waals surface area contributed by atoms with Gasteiger partial charge in [-0.2, -0.15) is 13.2 Å². The van der Waals surface area contributed by atoms with Crippen LogP contribution in [-0.2, 0) is 0 Å². The van der Waals surface area contributed by atoms with Gasteiger partial charge in [-0.15, -0.1) is 24.0 Å². The van der Waals surface area contributed by atoms with E-state index in [-0.39, 0.29) is 30.5 Å². The summed E-state index contributed by atoms with van der Waals surface area (Å²) in [6.45, 7) is 3.86. The van der Waals surface area contributed by atoms with Crippen molar-refractivity contribution < 1.29 is 13.2 Å². The summed E-state index contributed by atoms with van der Waals surface area (Å²) in [6, 6.07) is 0. The summed E-state index contributed by atoms with van der Waals surface area (Å²) in [5, 5.41) is 5.59. The summed E-state index contributed by atoms with van der Waals surface area (Å²) in [5.74, 6) is 0.445. The summed E-state index contributed by atoms with van der Waals surface area (Å²) in [4.78, 5) is 6.25. The summed E-state index contributed by atoms with van der Waals surface area (Å²) in [7, 11) is 3.94. The van der Waals surface area contributed by atoms with Gasteiger partial charge in [0.15, 0.2) is 5.96 Å². The molecule has 0 fully saturated rings. The molecule has 0 aromatic heterocycles. The fourth-order valence-corrected chi connectivity index (χ4v) is 1.24. The van der Waals surface area contributed by atoms with Gasteiger partial charge in [-0.3, -0.25) is 4.99 Å². The number of alkyl halides is 3. The van der Waals surface area contributed by atoms with E-state index in [1.807, 2.05) is 25.9 Å². The molecule has 0 heterocycles. The first kappa shape index (κ1) is 21.1. The van der Waals surface area contributed by atoms with Crippen LogP contribution in [0.15, 0.2) is 4.99 Å². The Kier molecular flexibility index (Phi) is 12.8. The zero-order chi connectivity index (χ0) is 14.0. The smallest absolute Gasteiger partial charge is 0.357 e. The predicted molar refractivity (Wildman–Crippen MR) is 83.2 cm³/mol. The second-order valence-electron chi connectivity index (χ2n) is 4.21. The fraction of sp³-hybridized carbons (Fsp3) is 0.909. The average molecular weight is 396 g/mol. The minimum Gasteiger partial charge on any atom is -0.357 e. The van der Waals surface area contributed by atoms with E-state index in [0.29, 0.717) is 19.0 Å². The van der Waals surface area contributed by atoms with Crippen molar-refractivity contribution in [3.8, 4) is 0 Å². The Morgan fingerprint density at radius 1 is 1.21 bits per heavy atom. The van der Waals surface area contributed by atoms with Crippen LogP contribution >= 0.6 is 24.0 Å². The van der Waals surface area contributed by atoms with Crippen LogP contribution in [0, 0.1) is 0 Å². The van der Waals surface area contributed by atoms with Crippen LogP contribution in [0.4, 0.5) is 13.2 Å². The van der Waals surface area contributed by atoms with Crippen LogP contribution in [0.1, 0.15) is 19.8 Å². The van der Waals surface area contributed by atoms with Crippen molar-refractivity contribution in [3.63, 3.8) is 0 Å². The van der Waals surface area contributed by atoms with Crippen molar-refractivity contribution in [3.05, 3.63) is 0 Å². The summed E-state index contributed by atoms with van der Waals surface area (Å²) in [6.07, 6.45) is -4.10. The molecule has 8 heteroatoms. The molecule has 0 saturated carbocycles. The van der Waals surface area contributed by atoms with Crippen LogP contribution < -0.4 is 10.6 Å². The lowest BCUT2D eigenvalue weighted by Gasteiger charge is -2.13. The van der Waals surface area contributed by atoms with Gasteiger partial charge in [0.05, 0.1) is 6.42 Å². The molecule has 0 saturated heterocycles. The molecule has 0 aliphatic heterocycles. The summed E-state index contributed by atoms with van der Waals surface area (Å²) in [5.41, 5.74) is 0. The molecule has 0 radical (unpaired) electrons. The lowest BCUT2D eigenvalue weighted by atomic mass is 10.4. The monoisotopic (exact) mass is 396 g/mol. The SMILES string of the molecule is CCNC(=NCCCN(C)C)NCCC(F)(F)F.I. The van der Waals surface area contributed by atoms with Crippen LogP contribution in [0.25, 0.3) is 0 Å². The maximum atomic E-state index is 12.0. The van der Waals surface area contributed by atoms with Crippen molar-refractivity contribution in [1.82, 2.24) is 15.5 Å². The molecule has 0 unspecified atom stereocenters. The first-order valence-electron chi connectivity index (χ1n) is 6.09. The van der Waals surface area contributed by atoms with Gasteiger partial charge in [-0.1, -0.05) is 0 Å². The number of hydrogen-bond donors (Lipinski definition) is 2. The van der Waals surface area contributed by atoms with Crippen LogP contribution in [0.2, 0.25) is 0 Å². The second-order valence-corrected chi connectivity index (χ2v) is 4.21. The standard InChI is InChI=1S/C11H23F3N4.HI/c1-4-15-10(16-7-5-9-18(2)3)17-8-6-11(12,13)14;/h4-9H2,1-3H3,(H2,15,16,17);1H. The minimum atomic E-state index is -4.13. The lowest BCUT2D eigenvalue weighted by Crippen LogP contribution is -2.39. The Balaban J connectivity index is 0. The molecule has 0 aromatic carbocycles.